The standard InChI is InChI=1S/C8H7ClN2S/c1-5-6(10)2-3-7(8(5)9)11-4-12/h2-3H,10H2,1H3. The molecule has 0 saturated carbocycles. The number of isothiocyanates is 1. The fraction of sp³-hybridized carbons (Fsp3) is 0.125. The molecule has 1 aromatic rings. The van der Waals surface area contributed by atoms with Gasteiger partial charge in [-0.05, 0) is 36.8 Å². The van der Waals surface area contributed by atoms with E-state index in [1.165, 1.54) is 0 Å². The van der Waals surface area contributed by atoms with Crippen LogP contribution in [0.4, 0.5) is 11.4 Å². The third-order valence-electron chi connectivity index (χ3n) is 1.57. The number of halogens is 1. The maximum absolute atomic E-state index is 5.92. The molecule has 1 rings (SSSR count). The number of nitrogen functional groups attached to an aromatic ring is 1. The zero-order chi connectivity index (χ0) is 9.14. The van der Waals surface area contributed by atoms with Crippen LogP contribution in [0.2, 0.25) is 5.02 Å². The van der Waals surface area contributed by atoms with Crippen LogP contribution in [0.15, 0.2) is 17.1 Å². The normalized spacial score (nSPS) is 9.17. The van der Waals surface area contributed by atoms with Crippen molar-refractivity contribution in [2.45, 2.75) is 6.92 Å². The van der Waals surface area contributed by atoms with Crippen LogP contribution < -0.4 is 5.73 Å². The largest absolute Gasteiger partial charge is 0.398 e. The predicted molar refractivity (Wildman–Crippen MR) is 55.3 cm³/mol. The third-order valence-corrected chi connectivity index (χ3v) is 2.14. The van der Waals surface area contributed by atoms with Gasteiger partial charge in [0.25, 0.3) is 0 Å². The van der Waals surface area contributed by atoms with E-state index in [-0.39, 0.29) is 0 Å². The van der Waals surface area contributed by atoms with Crippen molar-refractivity contribution < 1.29 is 0 Å². The number of hydrogen-bond donors (Lipinski definition) is 1. The van der Waals surface area contributed by atoms with Gasteiger partial charge < -0.3 is 5.73 Å². The van der Waals surface area contributed by atoms with Crippen molar-refractivity contribution in [3.8, 4) is 0 Å². The van der Waals surface area contributed by atoms with Crippen molar-refractivity contribution in [2.24, 2.45) is 4.99 Å². The summed E-state index contributed by atoms with van der Waals surface area (Å²) >= 11 is 10.4. The van der Waals surface area contributed by atoms with Gasteiger partial charge >= 0.3 is 0 Å². The Bertz CT molecular complexity index is 356. The molecule has 0 saturated heterocycles. The molecule has 0 aliphatic heterocycles. The monoisotopic (exact) mass is 198 g/mol. The summed E-state index contributed by atoms with van der Waals surface area (Å²) < 4.78 is 0. The molecule has 0 aliphatic carbocycles. The van der Waals surface area contributed by atoms with Crippen LogP contribution >= 0.6 is 23.8 Å². The fourth-order valence-electron chi connectivity index (χ4n) is 0.821. The van der Waals surface area contributed by atoms with Gasteiger partial charge in [0.2, 0.25) is 0 Å². The Morgan fingerprint density at radius 2 is 2.25 bits per heavy atom. The highest BCUT2D eigenvalue weighted by Gasteiger charge is 2.03. The summed E-state index contributed by atoms with van der Waals surface area (Å²) in [6.07, 6.45) is 0. The minimum atomic E-state index is 0.535. The van der Waals surface area contributed by atoms with E-state index in [9.17, 15) is 0 Å². The molecule has 0 aliphatic rings. The molecule has 12 heavy (non-hydrogen) atoms. The lowest BCUT2D eigenvalue weighted by molar-refractivity contribution is 1.44. The van der Waals surface area contributed by atoms with Gasteiger partial charge in [-0.25, -0.2) is 0 Å². The third kappa shape index (κ3) is 1.64. The van der Waals surface area contributed by atoms with Gasteiger partial charge in [-0.1, -0.05) is 11.6 Å². The molecule has 0 spiro atoms. The number of nitrogens with zero attached hydrogens (tertiary/aromatic N) is 1. The smallest absolute Gasteiger partial charge is 0.0929 e. The summed E-state index contributed by atoms with van der Waals surface area (Å²) in [4.78, 5) is 3.79. The van der Waals surface area contributed by atoms with Crippen LogP contribution in [-0.4, -0.2) is 5.16 Å². The van der Waals surface area contributed by atoms with E-state index in [0.717, 1.165) is 5.56 Å². The molecule has 0 radical (unpaired) electrons. The minimum Gasteiger partial charge on any atom is -0.398 e. The number of benzene rings is 1. The van der Waals surface area contributed by atoms with E-state index in [1.807, 2.05) is 6.92 Å². The summed E-state index contributed by atoms with van der Waals surface area (Å²) in [6, 6.07) is 3.46. The van der Waals surface area contributed by atoms with Crippen molar-refractivity contribution in [3.05, 3.63) is 22.7 Å². The van der Waals surface area contributed by atoms with E-state index in [2.05, 4.69) is 22.4 Å². The zero-order valence-electron chi connectivity index (χ0n) is 6.47. The van der Waals surface area contributed by atoms with E-state index in [1.54, 1.807) is 12.1 Å². The summed E-state index contributed by atoms with van der Waals surface area (Å²) in [6.45, 7) is 1.83. The predicted octanol–water partition coefficient (Wildman–Crippen LogP) is 2.96. The molecular weight excluding hydrogens is 192 g/mol. The molecule has 4 heteroatoms. The molecule has 0 bridgehead atoms. The number of thiocarbonyl (C=S) groups is 1. The van der Waals surface area contributed by atoms with Gasteiger partial charge in [0.05, 0.1) is 15.9 Å². The van der Waals surface area contributed by atoms with Crippen LogP contribution in [0.1, 0.15) is 5.56 Å². The lowest BCUT2D eigenvalue weighted by atomic mass is 10.2. The first-order chi connectivity index (χ1) is 5.66. The summed E-state index contributed by atoms with van der Waals surface area (Å²) in [7, 11) is 0. The first-order valence-corrected chi connectivity index (χ1v) is 4.08. The molecule has 2 nitrogen and oxygen atoms in total. The lowest BCUT2D eigenvalue weighted by Crippen LogP contribution is -1.89. The maximum Gasteiger partial charge on any atom is 0.0929 e. The van der Waals surface area contributed by atoms with Gasteiger partial charge in [0.15, 0.2) is 0 Å². The van der Waals surface area contributed by atoms with Crippen molar-refractivity contribution in [2.75, 3.05) is 5.73 Å². The molecular formula is C8H7ClN2S. The van der Waals surface area contributed by atoms with Gasteiger partial charge in [-0.15, -0.1) is 0 Å². The second-order valence-corrected chi connectivity index (χ2v) is 2.88. The summed E-state index contributed by atoms with van der Waals surface area (Å²) in [5.41, 5.74) is 7.70. The molecule has 0 unspecified atom stereocenters. The molecule has 62 valence electrons. The Morgan fingerprint density at radius 3 is 2.83 bits per heavy atom. The van der Waals surface area contributed by atoms with Crippen LogP contribution in [0.25, 0.3) is 0 Å². The van der Waals surface area contributed by atoms with Crippen LogP contribution in [-0.2, 0) is 0 Å². The first-order valence-electron chi connectivity index (χ1n) is 3.29. The van der Waals surface area contributed by atoms with Gasteiger partial charge in [-0.2, -0.15) is 4.99 Å². The molecule has 0 heterocycles. The Labute approximate surface area is 81.1 Å². The second-order valence-electron chi connectivity index (χ2n) is 2.32. The highest BCUT2D eigenvalue weighted by Crippen LogP contribution is 2.31. The summed E-state index contributed by atoms with van der Waals surface area (Å²) in [5.74, 6) is 0. The highest BCUT2D eigenvalue weighted by molar-refractivity contribution is 7.78. The van der Waals surface area contributed by atoms with Crippen molar-refractivity contribution in [1.82, 2.24) is 0 Å². The molecule has 2 N–H and O–H groups in total. The van der Waals surface area contributed by atoms with Crippen LogP contribution in [0.5, 0.6) is 0 Å². The number of aliphatic imine (C=N–C) groups is 1. The topological polar surface area (TPSA) is 38.4 Å². The van der Waals surface area contributed by atoms with E-state index >= 15 is 0 Å². The van der Waals surface area contributed by atoms with Crippen LogP contribution in [0, 0.1) is 6.92 Å². The molecule has 0 aromatic heterocycles. The molecule has 0 atom stereocenters. The SMILES string of the molecule is Cc1c(N)ccc(N=C=S)c1Cl. The number of rotatable bonds is 1. The molecule has 1 aromatic carbocycles. The van der Waals surface area contributed by atoms with Gasteiger partial charge in [-0.3, -0.25) is 0 Å². The number of hydrogen-bond acceptors (Lipinski definition) is 3. The zero-order valence-corrected chi connectivity index (χ0v) is 8.04. The molecule has 0 fully saturated rings. The average molecular weight is 199 g/mol. The second kappa shape index (κ2) is 3.68. The van der Waals surface area contributed by atoms with Crippen LogP contribution in [0.3, 0.4) is 0 Å². The first kappa shape index (κ1) is 9.20. The van der Waals surface area contributed by atoms with Crippen molar-refractivity contribution in [1.29, 1.82) is 0 Å². The van der Waals surface area contributed by atoms with E-state index in [4.69, 9.17) is 17.3 Å². The Balaban J connectivity index is 3.35. The van der Waals surface area contributed by atoms with E-state index in [0.29, 0.717) is 16.4 Å². The van der Waals surface area contributed by atoms with Gasteiger partial charge in [0.1, 0.15) is 0 Å². The number of nitrogens with two attached hydrogens (primary N) is 1. The van der Waals surface area contributed by atoms with Crippen molar-refractivity contribution in [3.63, 3.8) is 0 Å². The molecule has 0 amide bonds. The maximum atomic E-state index is 5.92. The lowest BCUT2D eigenvalue weighted by Gasteiger charge is -2.03. The van der Waals surface area contributed by atoms with Gasteiger partial charge in [0, 0.05) is 5.69 Å². The van der Waals surface area contributed by atoms with E-state index < -0.39 is 0 Å². The minimum absolute atomic E-state index is 0.535. The highest BCUT2D eigenvalue weighted by atomic mass is 35.5. The number of anilines is 1. The quantitative estimate of drug-likeness (QED) is 0.428. The average Bonchev–Trinajstić information content (AvgIpc) is 2.07. The fourth-order valence-corrected chi connectivity index (χ4v) is 1.13. The summed E-state index contributed by atoms with van der Waals surface area (Å²) in [5, 5.41) is 2.79. The van der Waals surface area contributed by atoms with Crippen molar-refractivity contribution >= 4 is 40.4 Å². The Morgan fingerprint density at radius 1 is 1.58 bits per heavy atom. The Hall–Kier alpha value is -0.890. The Kier molecular flexibility index (Phi) is 2.82.